The SMILES string of the molecule is COc1ccc(/C=C2/N=C(C)N(c3ccc(C(=O)[O-])cc3)C2=O)cc1. The number of aromatic carboxylic acids is 1. The molecule has 0 saturated heterocycles. The Labute approximate surface area is 144 Å². The minimum Gasteiger partial charge on any atom is -0.545 e. The summed E-state index contributed by atoms with van der Waals surface area (Å²) in [5.74, 6) is -0.278. The maximum Gasteiger partial charge on any atom is 0.282 e. The normalized spacial score (nSPS) is 15.4. The molecule has 0 N–H and O–H groups in total. The summed E-state index contributed by atoms with van der Waals surface area (Å²) in [4.78, 5) is 29.2. The molecule has 2 aromatic rings. The number of benzene rings is 2. The van der Waals surface area contributed by atoms with Crippen LogP contribution >= 0.6 is 0 Å². The lowest BCUT2D eigenvalue weighted by Crippen LogP contribution is -2.30. The van der Waals surface area contributed by atoms with Crippen molar-refractivity contribution in [3.8, 4) is 5.75 Å². The van der Waals surface area contributed by atoms with Crippen molar-refractivity contribution in [2.24, 2.45) is 4.99 Å². The van der Waals surface area contributed by atoms with E-state index in [2.05, 4.69) is 4.99 Å². The highest BCUT2D eigenvalue weighted by Crippen LogP contribution is 2.25. The molecule has 1 aliphatic heterocycles. The van der Waals surface area contributed by atoms with Crippen molar-refractivity contribution in [1.82, 2.24) is 0 Å². The second-order valence-electron chi connectivity index (χ2n) is 5.44. The van der Waals surface area contributed by atoms with E-state index >= 15 is 0 Å². The number of carbonyl (C=O) groups is 2. The molecule has 0 aromatic heterocycles. The van der Waals surface area contributed by atoms with Crippen molar-refractivity contribution in [2.45, 2.75) is 6.92 Å². The summed E-state index contributed by atoms with van der Waals surface area (Å²) in [6.45, 7) is 1.72. The van der Waals surface area contributed by atoms with Crippen LogP contribution in [0.1, 0.15) is 22.8 Å². The molecule has 0 aliphatic carbocycles. The molecule has 0 saturated carbocycles. The maximum absolute atomic E-state index is 12.7. The number of rotatable bonds is 4. The number of carboxylic acids is 1. The zero-order valence-electron chi connectivity index (χ0n) is 13.7. The summed E-state index contributed by atoms with van der Waals surface area (Å²) in [6.07, 6.45) is 1.70. The summed E-state index contributed by atoms with van der Waals surface area (Å²) in [7, 11) is 1.59. The van der Waals surface area contributed by atoms with Gasteiger partial charge in [0.1, 0.15) is 17.3 Å². The number of ether oxygens (including phenoxy) is 1. The Bertz CT molecular complexity index is 881. The number of carboxylic acid groups (broad SMARTS) is 1. The molecule has 2 aromatic carbocycles. The first-order valence-corrected chi connectivity index (χ1v) is 7.56. The molecule has 0 atom stereocenters. The molecule has 1 aliphatic rings. The van der Waals surface area contributed by atoms with E-state index in [0.717, 1.165) is 11.3 Å². The number of hydrogen-bond acceptors (Lipinski definition) is 5. The first-order valence-electron chi connectivity index (χ1n) is 7.56. The van der Waals surface area contributed by atoms with Crippen molar-refractivity contribution in [1.29, 1.82) is 0 Å². The van der Waals surface area contributed by atoms with Crippen LogP contribution in [-0.4, -0.2) is 24.8 Å². The van der Waals surface area contributed by atoms with Crippen molar-refractivity contribution >= 4 is 29.5 Å². The number of aliphatic imine (C=N–C) groups is 1. The van der Waals surface area contributed by atoms with Gasteiger partial charge in [-0.2, -0.15) is 0 Å². The molecule has 0 radical (unpaired) electrons. The third-order valence-electron chi connectivity index (χ3n) is 3.81. The number of carbonyl (C=O) groups excluding carboxylic acids is 2. The standard InChI is InChI=1S/C19H16N2O4/c1-12-20-17(11-13-3-9-16(25-2)10-4-13)18(22)21(12)15-7-5-14(6-8-15)19(23)24/h3-11H,1-2H3,(H,23,24)/p-1/b17-11+. The van der Waals surface area contributed by atoms with E-state index < -0.39 is 5.97 Å². The van der Waals surface area contributed by atoms with Crippen molar-refractivity contribution < 1.29 is 19.4 Å². The molecule has 126 valence electrons. The molecule has 6 nitrogen and oxygen atoms in total. The smallest absolute Gasteiger partial charge is 0.282 e. The van der Waals surface area contributed by atoms with E-state index in [9.17, 15) is 14.7 Å². The van der Waals surface area contributed by atoms with Gasteiger partial charge in [0.05, 0.1) is 18.8 Å². The van der Waals surface area contributed by atoms with Crippen LogP contribution in [0.2, 0.25) is 0 Å². The molecule has 25 heavy (non-hydrogen) atoms. The second kappa shape index (κ2) is 6.60. The molecule has 3 rings (SSSR count). The largest absolute Gasteiger partial charge is 0.545 e. The van der Waals surface area contributed by atoms with E-state index in [-0.39, 0.29) is 11.5 Å². The van der Waals surface area contributed by atoms with Crippen LogP contribution in [0.3, 0.4) is 0 Å². The highest BCUT2D eigenvalue weighted by Gasteiger charge is 2.28. The highest BCUT2D eigenvalue weighted by atomic mass is 16.5. The average molecular weight is 335 g/mol. The van der Waals surface area contributed by atoms with E-state index in [1.54, 1.807) is 44.4 Å². The highest BCUT2D eigenvalue weighted by molar-refractivity contribution is 6.28. The summed E-state index contributed by atoms with van der Waals surface area (Å²) in [5.41, 5.74) is 1.75. The fourth-order valence-corrected chi connectivity index (χ4v) is 2.54. The third-order valence-corrected chi connectivity index (χ3v) is 3.81. The molecule has 0 fully saturated rings. The van der Waals surface area contributed by atoms with E-state index in [1.807, 2.05) is 12.1 Å². The van der Waals surface area contributed by atoms with Gasteiger partial charge in [-0.1, -0.05) is 24.3 Å². The van der Waals surface area contributed by atoms with Crippen LogP contribution in [0.15, 0.2) is 59.2 Å². The number of amides is 1. The molecular formula is C19H15N2O4-. The summed E-state index contributed by atoms with van der Waals surface area (Å²) < 4.78 is 5.11. The number of nitrogens with zero attached hydrogens (tertiary/aromatic N) is 2. The lowest BCUT2D eigenvalue weighted by molar-refractivity contribution is -0.255. The van der Waals surface area contributed by atoms with Crippen LogP contribution in [-0.2, 0) is 4.79 Å². The lowest BCUT2D eigenvalue weighted by atomic mass is 10.1. The predicted molar refractivity (Wildman–Crippen MR) is 92.3 cm³/mol. The molecule has 1 amide bonds. The number of anilines is 1. The molecule has 0 bridgehead atoms. The van der Waals surface area contributed by atoms with Gasteiger partial charge in [0.25, 0.3) is 5.91 Å². The Hall–Kier alpha value is -3.41. The topological polar surface area (TPSA) is 82.0 Å². The van der Waals surface area contributed by atoms with Crippen LogP contribution in [0.5, 0.6) is 5.75 Å². The van der Waals surface area contributed by atoms with E-state index in [1.165, 1.54) is 17.0 Å². The van der Waals surface area contributed by atoms with Gasteiger partial charge >= 0.3 is 0 Å². The number of amidine groups is 1. The zero-order chi connectivity index (χ0) is 18.0. The fourth-order valence-electron chi connectivity index (χ4n) is 2.54. The fraction of sp³-hybridized carbons (Fsp3) is 0.105. The summed E-state index contributed by atoms with van der Waals surface area (Å²) >= 11 is 0. The lowest BCUT2D eigenvalue weighted by Gasteiger charge is -2.16. The van der Waals surface area contributed by atoms with Gasteiger partial charge in [0.2, 0.25) is 0 Å². The first kappa shape index (κ1) is 16.4. The van der Waals surface area contributed by atoms with Crippen LogP contribution in [0.25, 0.3) is 6.08 Å². The van der Waals surface area contributed by atoms with Gasteiger partial charge in [0, 0.05) is 0 Å². The summed E-state index contributed by atoms with van der Waals surface area (Å²) in [6, 6.07) is 13.2. The third kappa shape index (κ3) is 3.28. The monoisotopic (exact) mass is 335 g/mol. The van der Waals surface area contributed by atoms with Gasteiger partial charge in [0.15, 0.2) is 0 Å². The Morgan fingerprint density at radius 3 is 2.32 bits per heavy atom. The van der Waals surface area contributed by atoms with Crippen LogP contribution in [0.4, 0.5) is 5.69 Å². The van der Waals surface area contributed by atoms with Gasteiger partial charge < -0.3 is 14.6 Å². The van der Waals surface area contributed by atoms with Gasteiger partial charge in [-0.05, 0) is 48.4 Å². The van der Waals surface area contributed by atoms with Crippen molar-refractivity contribution in [2.75, 3.05) is 12.0 Å². The molecule has 0 unspecified atom stereocenters. The molecule has 0 spiro atoms. The Balaban J connectivity index is 1.87. The number of hydrogen-bond donors (Lipinski definition) is 0. The predicted octanol–water partition coefficient (Wildman–Crippen LogP) is 1.86. The van der Waals surface area contributed by atoms with Gasteiger partial charge in [-0.15, -0.1) is 0 Å². The Morgan fingerprint density at radius 1 is 1.12 bits per heavy atom. The van der Waals surface area contributed by atoms with Gasteiger partial charge in [-0.3, -0.25) is 9.69 Å². The van der Waals surface area contributed by atoms with Crippen LogP contribution in [0, 0.1) is 0 Å². The average Bonchev–Trinajstić information content (AvgIpc) is 2.89. The van der Waals surface area contributed by atoms with Gasteiger partial charge in [-0.25, -0.2) is 4.99 Å². The Morgan fingerprint density at radius 2 is 1.76 bits per heavy atom. The Kier molecular flexibility index (Phi) is 4.35. The maximum atomic E-state index is 12.7. The summed E-state index contributed by atoms with van der Waals surface area (Å²) in [5, 5.41) is 10.8. The minimum atomic E-state index is -1.26. The van der Waals surface area contributed by atoms with E-state index in [4.69, 9.17) is 4.74 Å². The second-order valence-corrected chi connectivity index (χ2v) is 5.44. The van der Waals surface area contributed by atoms with E-state index in [0.29, 0.717) is 17.2 Å². The molecular weight excluding hydrogens is 320 g/mol. The van der Waals surface area contributed by atoms with Crippen molar-refractivity contribution in [3.63, 3.8) is 0 Å². The molecule has 1 heterocycles. The van der Waals surface area contributed by atoms with Crippen molar-refractivity contribution in [3.05, 3.63) is 65.4 Å². The molecule has 6 heteroatoms. The zero-order valence-corrected chi connectivity index (χ0v) is 13.7. The first-order chi connectivity index (χ1) is 12.0. The minimum absolute atomic E-state index is 0.0546. The quantitative estimate of drug-likeness (QED) is 0.799. The number of methoxy groups -OCH3 is 1. The van der Waals surface area contributed by atoms with Crippen LogP contribution < -0.4 is 14.7 Å².